The number of fused-ring (bicyclic) bond motifs is 1. The van der Waals surface area contributed by atoms with Crippen LogP contribution in [0.25, 0.3) is 11.0 Å². The van der Waals surface area contributed by atoms with Crippen LogP contribution >= 0.6 is 0 Å². The van der Waals surface area contributed by atoms with Crippen molar-refractivity contribution in [3.05, 3.63) is 18.9 Å². The molecule has 0 aromatic carbocycles. The van der Waals surface area contributed by atoms with E-state index < -0.39 is 0 Å². The highest BCUT2D eigenvalue weighted by Crippen LogP contribution is 2.11. The molecule has 0 saturated heterocycles. The first kappa shape index (κ1) is 5.22. The fourth-order valence-electron chi connectivity index (χ4n) is 0.843. The second-order valence-corrected chi connectivity index (χ2v) is 1.87. The highest BCUT2D eigenvalue weighted by atomic mass is 16.3. The van der Waals surface area contributed by atoms with Crippen LogP contribution in [0.3, 0.4) is 0 Å². The minimum Gasteiger partial charge on any atom is -0.468 e. The van der Waals surface area contributed by atoms with E-state index in [-0.39, 0.29) is 0 Å². The van der Waals surface area contributed by atoms with Gasteiger partial charge in [-0.15, -0.1) is 0 Å². The molecule has 4 heteroatoms. The van der Waals surface area contributed by atoms with E-state index in [0.29, 0.717) is 0 Å². The van der Waals surface area contributed by atoms with Crippen molar-refractivity contribution in [3.8, 4) is 0 Å². The van der Waals surface area contributed by atoms with Gasteiger partial charge in [0.25, 0.3) is 0 Å². The Labute approximate surface area is 56.8 Å². The lowest BCUT2D eigenvalue weighted by Gasteiger charge is -1.85. The molecule has 0 fully saturated rings. The van der Waals surface area contributed by atoms with E-state index in [4.69, 9.17) is 4.42 Å². The number of aromatic nitrogens is 2. The standard InChI is InChI=1S/C6H5N3O/c1-7-9-4-8-5-2-10-3-6(5)9/h2-4H,1H2. The second kappa shape index (κ2) is 1.70. The van der Waals surface area contributed by atoms with Crippen LogP contribution in [0.4, 0.5) is 0 Å². The molecule has 10 heavy (non-hydrogen) atoms. The van der Waals surface area contributed by atoms with Crippen molar-refractivity contribution in [2.45, 2.75) is 0 Å². The predicted octanol–water partition coefficient (Wildman–Crippen LogP) is 1.09. The van der Waals surface area contributed by atoms with Gasteiger partial charge in [-0.05, 0) is 0 Å². The molecule has 0 bridgehead atoms. The van der Waals surface area contributed by atoms with Gasteiger partial charge in [-0.3, -0.25) is 0 Å². The summed E-state index contributed by atoms with van der Waals surface area (Å²) in [5, 5.41) is 3.68. The van der Waals surface area contributed by atoms with Crippen LogP contribution < -0.4 is 0 Å². The van der Waals surface area contributed by atoms with Crippen LogP contribution in [0.1, 0.15) is 0 Å². The van der Waals surface area contributed by atoms with Gasteiger partial charge in [0, 0.05) is 6.72 Å². The van der Waals surface area contributed by atoms with Crippen molar-refractivity contribution < 1.29 is 4.42 Å². The van der Waals surface area contributed by atoms with Crippen LogP contribution in [0.5, 0.6) is 0 Å². The molecule has 0 unspecified atom stereocenters. The van der Waals surface area contributed by atoms with E-state index in [1.807, 2.05) is 0 Å². The molecule has 0 aliphatic rings. The second-order valence-electron chi connectivity index (χ2n) is 1.87. The molecule has 0 spiro atoms. The molecule has 2 rings (SSSR count). The summed E-state index contributed by atoms with van der Waals surface area (Å²) >= 11 is 0. The summed E-state index contributed by atoms with van der Waals surface area (Å²) < 4.78 is 6.43. The van der Waals surface area contributed by atoms with Gasteiger partial charge in [0.2, 0.25) is 0 Å². The van der Waals surface area contributed by atoms with Gasteiger partial charge < -0.3 is 4.42 Å². The van der Waals surface area contributed by atoms with Crippen molar-refractivity contribution in [2.24, 2.45) is 5.10 Å². The molecular formula is C6H5N3O. The zero-order chi connectivity index (χ0) is 6.97. The molecule has 0 radical (unpaired) electrons. The molecule has 2 heterocycles. The third-order valence-corrected chi connectivity index (χ3v) is 1.33. The summed E-state index contributed by atoms with van der Waals surface area (Å²) in [6.07, 6.45) is 4.74. The number of hydrogen-bond acceptors (Lipinski definition) is 3. The Balaban J connectivity index is 2.88. The summed E-state index contributed by atoms with van der Waals surface area (Å²) in [6, 6.07) is 0. The number of furan rings is 1. The topological polar surface area (TPSA) is 43.3 Å². The monoisotopic (exact) mass is 135 g/mol. The molecule has 0 N–H and O–H groups in total. The predicted molar refractivity (Wildman–Crippen MR) is 36.9 cm³/mol. The van der Waals surface area contributed by atoms with Crippen molar-refractivity contribution in [1.29, 1.82) is 0 Å². The molecule has 0 aliphatic carbocycles. The van der Waals surface area contributed by atoms with Crippen LogP contribution in [-0.2, 0) is 0 Å². The molecule has 2 aromatic heterocycles. The Hall–Kier alpha value is -1.58. The average Bonchev–Trinajstić information content (AvgIpc) is 2.44. The Kier molecular flexibility index (Phi) is 0.887. The van der Waals surface area contributed by atoms with Gasteiger partial charge >= 0.3 is 0 Å². The summed E-state index contributed by atoms with van der Waals surface area (Å²) in [7, 11) is 0. The van der Waals surface area contributed by atoms with Crippen molar-refractivity contribution in [3.63, 3.8) is 0 Å². The number of rotatable bonds is 1. The smallest absolute Gasteiger partial charge is 0.130 e. The first-order valence-electron chi connectivity index (χ1n) is 2.78. The van der Waals surface area contributed by atoms with E-state index in [1.54, 1.807) is 23.5 Å². The third kappa shape index (κ3) is 0.500. The molecule has 0 amide bonds. The normalized spacial score (nSPS) is 10.4. The van der Waals surface area contributed by atoms with Gasteiger partial charge in [-0.1, -0.05) is 0 Å². The summed E-state index contributed by atoms with van der Waals surface area (Å²) in [5.74, 6) is 0. The number of hydrogen-bond donors (Lipinski definition) is 0. The molecule has 0 saturated carbocycles. The van der Waals surface area contributed by atoms with Gasteiger partial charge in [0.15, 0.2) is 0 Å². The maximum atomic E-state index is 4.88. The van der Waals surface area contributed by atoms with Crippen molar-refractivity contribution in [1.82, 2.24) is 9.66 Å². The molecule has 0 aliphatic heterocycles. The van der Waals surface area contributed by atoms with E-state index in [9.17, 15) is 0 Å². The molecule has 2 aromatic rings. The lowest BCUT2D eigenvalue weighted by molar-refractivity contribution is 0.568. The number of imidazole rings is 1. The van der Waals surface area contributed by atoms with E-state index in [1.165, 1.54) is 0 Å². The van der Waals surface area contributed by atoms with Gasteiger partial charge in [0.1, 0.15) is 29.9 Å². The highest BCUT2D eigenvalue weighted by molar-refractivity contribution is 5.73. The van der Waals surface area contributed by atoms with Gasteiger partial charge in [0.05, 0.1) is 0 Å². The Morgan fingerprint density at radius 2 is 2.50 bits per heavy atom. The van der Waals surface area contributed by atoms with E-state index in [2.05, 4.69) is 16.8 Å². The highest BCUT2D eigenvalue weighted by Gasteiger charge is 2.00. The third-order valence-electron chi connectivity index (χ3n) is 1.33. The molecular weight excluding hydrogens is 130 g/mol. The Morgan fingerprint density at radius 3 is 3.30 bits per heavy atom. The van der Waals surface area contributed by atoms with Crippen LogP contribution in [0, 0.1) is 0 Å². The zero-order valence-electron chi connectivity index (χ0n) is 5.19. The average molecular weight is 135 g/mol. The molecule has 50 valence electrons. The van der Waals surface area contributed by atoms with Crippen LogP contribution in [-0.4, -0.2) is 16.4 Å². The minimum absolute atomic E-state index is 0.799. The lowest BCUT2D eigenvalue weighted by Crippen LogP contribution is -1.79. The number of nitrogens with zero attached hydrogens (tertiary/aromatic N) is 3. The van der Waals surface area contributed by atoms with Gasteiger partial charge in [-0.25, -0.2) is 9.66 Å². The van der Waals surface area contributed by atoms with Crippen molar-refractivity contribution >= 4 is 17.8 Å². The fourth-order valence-corrected chi connectivity index (χ4v) is 0.843. The summed E-state index contributed by atoms with van der Waals surface area (Å²) in [5.41, 5.74) is 1.64. The fraction of sp³-hybridized carbons (Fsp3) is 0. The molecule has 4 nitrogen and oxygen atoms in total. The lowest BCUT2D eigenvalue weighted by atomic mass is 10.5. The minimum atomic E-state index is 0.799. The Bertz CT molecular complexity index is 360. The summed E-state index contributed by atoms with van der Waals surface area (Å²) in [4.78, 5) is 3.98. The first-order chi connectivity index (χ1) is 4.92. The quantitative estimate of drug-likeness (QED) is 0.549. The SMILES string of the molecule is C=Nn1cnc2cocc21. The van der Waals surface area contributed by atoms with E-state index >= 15 is 0 Å². The van der Waals surface area contributed by atoms with Crippen LogP contribution in [0.15, 0.2) is 28.4 Å². The first-order valence-corrected chi connectivity index (χ1v) is 2.78. The maximum Gasteiger partial charge on any atom is 0.130 e. The zero-order valence-corrected chi connectivity index (χ0v) is 5.19. The maximum absolute atomic E-state index is 4.88. The largest absolute Gasteiger partial charge is 0.468 e. The van der Waals surface area contributed by atoms with E-state index in [0.717, 1.165) is 11.0 Å². The Morgan fingerprint density at radius 1 is 1.60 bits per heavy atom. The van der Waals surface area contributed by atoms with Crippen molar-refractivity contribution in [2.75, 3.05) is 0 Å². The van der Waals surface area contributed by atoms with Crippen LogP contribution in [0.2, 0.25) is 0 Å². The molecule has 0 atom stereocenters. The summed E-state index contributed by atoms with van der Waals surface area (Å²) in [6.45, 7) is 3.36. The van der Waals surface area contributed by atoms with Gasteiger partial charge in [-0.2, -0.15) is 5.10 Å².